The van der Waals surface area contributed by atoms with Gasteiger partial charge in [0.05, 0.1) is 4.99 Å². The molecule has 126 valence electrons. The SMILES string of the molecule is CC(C)=CCCC[C@]1(CO)CCC[C@H]1CC(=S)N1CCCC1. The van der Waals surface area contributed by atoms with Crippen LogP contribution in [0, 0.1) is 11.3 Å². The average molecular weight is 324 g/mol. The third-order valence-corrected chi connectivity index (χ3v) is 6.14. The molecule has 1 saturated carbocycles. The number of rotatable bonds is 7. The van der Waals surface area contributed by atoms with Crippen LogP contribution in [-0.4, -0.2) is 34.7 Å². The van der Waals surface area contributed by atoms with Gasteiger partial charge in [0.15, 0.2) is 0 Å². The molecule has 2 aliphatic rings. The summed E-state index contributed by atoms with van der Waals surface area (Å²) in [4.78, 5) is 3.56. The molecule has 2 fully saturated rings. The van der Waals surface area contributed by atoms with Gasteiger partial charge in [0.2, 0.25) is 0 Å². The second-order valence-electron chi connectivity index (χ2n) is 7.58. The van der Waals surface area contributed by atoms with Crippen LogP contribution in [-0.2, 0) is 0 Å². The molecule has 1 N–H and O–H groups in total. The lowest BCUT2D eigenvalue weighted by atomic mass is 9.73. The van der Waals surface area contributed by atoms with Crippen molar-refractivity contribution >= 4 is 17.2 Å². The molecule has 3 heteroatoms. The largest absolute Gasteiger partial charge is 0.396 e. The molecule has 0 amide bonds. The first-order valence-corrected chi connectivity index (χ1v) is 9.50. The van der Waals surface area contributed by atoms with E-state index in [1.165, 1.54) is 44.1 Å². The molecular formula is C19H33NOS. The van der Waals surface area contributed by atoms with Gasteiger partial charge >= 0.3 is 0 Å². The van der Waals surface area contributed by atoms with Crippen molar-refractivity contribution in [1.29, 1.82) is 0 Å². The maximum atomic E-state index is 10.1. The van der Waals surface area contributed by atoms with Gasteiger partial charge in [-0.25, -0.2) is 0 Å². The first-order chi connectivity index (χ1) is 10.6. The van der Waals surface area contributed by atoms with Gasteiger partial charge in [-0.3, -0.25) is 0 Å². The van der Waals surface area contributed by atoms with E-state index in [0.717, 1.165) is 37.3 Å². The summed E-state index contributed by atoms with van der Waals surface area (Å²) in [7, 11) is 0. The van der Waals surface area contributed by atoms with E-state index in [2.05, 4.69) is 24.8 Å². The highest BCUT2D eigenvalue weighted by Gasteiger charge is 2.42. The minimum absolute atomic E-state index is 0.138. The molecule has 0 bridgehead atoms. The molecular weight excluding hydrogens is 290 g/mol. The number of allylic oxidation sites excluding steroid dienone is 2. The summed E-state index contributed by atoms with van der Waals surface area (Å²) in [6.07, 6.45) is 13.1. The van der Waals surface area contributed by atoms with Crippen molar-refractivity contribution in [3.8, 4) is 0 Å². The fourth-order valence-electron chi connectivity index (χ4n) is 4.30. The number of thiocarbonyl (C=S) groups is 1. The van der Waals surface area contributed by atoms with Crippen LogP contribution in [0.5, 0.6) is 0 Å². The molecule has 22 heavy (non-hydrogen) atoms. The predicted molar refractivity (Wildman–Crippen MR) is 98.2 cm³/mol. The Morgan fingerprint density at radius 2 is 2.00 bits per heavy atom. The van der Waals surface area contributed by atoms with Gasteiger partial charge in [-0.2, -0.15) is 0 Å². The highest BCUT2D eigenvalue weighted by atomic mass is 32.1. The molecule has 2 atom stereocenters. The second kappa shape index (κ2) is 8.44. The molecule has 0 spiro atoms. The number of nitrogens with zero attached hydrogens (tertiary/aromatic N) is 1. The molecule has 1 aliphatic heterocycles. The van der Waals surface area contributed by atoms with Crippen LogP contribution in [0.15, 0.2) is 11.6 Å². The Bertz CT molecular complexity index is 396. The van der Waals surface area contributed by atoms with E-state index in [1.54, 1.807) is 0 Å². The number of hydrogen-bond acceptors (Lipinski definition) is 2. The van der Waals surface area contributed by atoms with Gasteiger partial charge in [0.25, 0.3) is 0 Å². The smallest absolute Gasteiger partial charge is 0.0782 e. The molecule has 2 rings (SSSR count). The van der Waals surface area contributed by atoms with E-state index in [9.17, 15) is 5.11 Å². The summed E-state index contributed by atoms with van der Waals surface area (Å²) >= 11 is 5.71. The quantitative estimate of drug-likeness (QED) is 0.417. The van der Waals surface area contributed by atoms with Crippen molar-refractivity contribution in [2.75, 3.05) is 19.7 Å². The Labute approximate surface area is 142 Å². The maximum Gasteiger partial charge on any atom is 0.0782 e. The number of aliphatic hydroxyl groups is 1. The van der Waals surface area contributed by atoms with Crippen LogP contribution in [0.3, 0.4) is 0 Å². The van der Waals surface area contributed by atoms with Gasteiger partial charge < -0.3 is 10.0 Å². The number of likely N-dealkylation sites (tertiary alicyclic amines) is 1. The maximum absolute atomic E-state index is 10.1. The summed E-state index contributed by atoms with van der Waals surface area (Å²) in [5, 5.41) is 10.1. The lowest BCUT2D eigenvalue weighted by Crippen LogP contribution is -2.35. The van der Waals surface area contributed by atoms with Crippen molar-refractivity contribution in [3.05, 3.63) is 11.6 Å². The van der Waals surface area contributed by atoms with Crippen LogP contribution in [0.25, 0.3) is 0 Å². The van der Waals surface area contributed by atoms with Crippen molar-refractivity contribution in [1.82, 2.24) is 4.90 Å². The van der Waals surface area contributed by atoms with E-state index in [0.29, 0.717) is 12.5 Å². The minimum Gasteiger partial charge on any atom is -0.396 e. The van der Waals surface area contributed by atoms with Crippen molar-refractivity contribution in [2.24, 2.45) is 11.3 Å². The first-order valence-electron chi connectivity index (χ1n) is 9.09. The zero-order valence-corrected chi connectivity index (χ0v) is 15.3. The first kappa shape index (κ1) is 17.9. The van der Waals surface area contributed by atoms with Crippen molar-refractivity contribution in [2.45, 2.75) is 71.6 Å². The summed E-state index contributed by atoms with van der Waals surface area (Å²) in [5.74, 6) is 0.595. The molecule has 1 saturated heterocycles. The highest BCUT2D eigenvalue weighted by Crippen LogP contribution is 2.48. The minimum atomic E-state index is 0.138. The Kier molecular flexibility index (Phi) is 6.88. The summed E-state index contributed by atoms with van der Waals surface area (Å²) in [6, 6.07) is 0. The lowest BCUT2D eigenvalue weighted by molar-refractivity contribution is 0.0743. The third-order valence-electron chi connectivity index (χ3n) is 5.72. The number of aliphatic hydroxyl groups excluding tert-OH is 1. The topological polar surface area (TPSA) is 23.5 Å². The number of unbranched alkanes of at least 4 members (excludes halogenated alkanes) is 1. The van der Waals surface area contributed by atoms with Gasteiger partial charge in [0, 0.05) is 26.1 Å². The van der Waals surface area contributed by atoms with E-state index in [4.69, 9.17) is 12.2 Å². The summed E-state index contributed by atoms with van der Waals surface area (Å²) in [5.41, 5.74) is 1.54. The molecule has 0 radical (unpaired) electrons. The molecule has 0 aromatic rings. The second-order valence-corrected chi connectivity index (χ2v) is 8.05. The Morgan fingerprint density at radius 1 is 1.27 bits per heavy atom. The lowest BCUT2D eigenvalue weighted by Gasteiger charge is -2.35. The Hall–Kier alpha value is -0.410. The molecule has 1 heterocycles. The van der Waals surface area contributed by atoms with E-state index < -0.39 is 0 Å². The van der Waals surface area contributed by atoms with E-state index >= 15 is 0 Å². The van der Waals surface area contributed by atoms with Crippen LogP contribution >= 0.6 is 12.2 Å². The normalized spacial score (nSPS) is 28.1. The summed E-state index contributed by atoms with van der Waals surface area (Å²) < 4.78 is 0. The molecule has 0 aromatic heterocycles. The van der Waals surface area contributed by atoms with E-state index in [1.807, 2.05) is 0 Å². The van der Waals surface area contributed by atoms with Crippen molar-refractivity contribution in [3.63, 3.8) is 0 Å². The zero-order valence-electron chi connectivity index (χ0n) is 14.4. The van der Waals surface area contributed by atoms with Crippen LogP contribution < -0.4 is 0 Å². The Balaban J connectivity index is 1.90. The fourth-order valence-corrected chi connectivity index (χ4v) is 4.68. The molecule has 1 aliphatic carbocycles. The van der Waals surface area contributed by atoms with Crippen molar-refractivity contribution < 1.29 is 5.11 Å². The standard InChI is InChI=1S/C19H33NOS/c1-16(2)8-3-4-10-19(15-21)11-7-9-17(19)14-18(22)20-12-5-6-13-20/h8,17,21H,3-7,9-15H2,1-2H3/t17-,19+/m0/s1. The zero-order chi connectivity index (χ0) is 16.0. The summed E-state index contributed by atoms with van der Waals surface area (Å²) in [6.45, 7) is 6.97. The molecule has 0 aromatic carbocycles. The fraction of sp³-hybridized carbons (Fsp3) is 0.842. The third kappa shape index (κ3) is 4.55. The monoisotopic (exact) mass is 323 g/mol. The van der Waals surface area contributed by atoms with Gasteiger partial charge in [-0.1, -0.05) is 30.3 Å². The van der Waals surface area contributed by atoms with Crippen LogP contribution in [0.2, 0.25) is 0 Å². The molecule has 2 nitrogen and oxygen atoms in total. The van der Waals surface area contributed by atoms with E-state index in [-0.39, 0.29) is 5.41 Å². The Morgan fingerprint density at radius 3 is 2.64 bits per heavy atom. The average Bonchev–Trinajstić information content (AvgIpc) is 3.14. The van der Waals surface area contributed by atoms with Crippen LogP contribution in [0.1, 0.15) is 71.6 Å². The highest BCUT2D eigenvalue weighted by molar-refractivity contribution is 7.80. The number of hydrogen-bond donors (Lipinski definition) is 1. The van der Waals surface area contributed by atoms with Gasteiger partial charge in [-0.05, 0) is 70.1 Å². The van der Waals surface area contributed by atoms with Gasteiger partial charge in [-0.15, -0.1) is 0 Å². The predicted octanol–water partition coefficient (Wildman–Crippen LogP) is 4.72. The molecule has 0 unspecified atom stereocenters. The van der Waals surface area contributed by atoms with Gasteiger partial charge in [0.1, 0.15) is 0 Å². The van der Waals surface area contributed by atoms with Crippen LogP contribution in [0.4, 0.5) is 0 Å².